The van der Waals surface area contributed by atoms with Crippen molar-refractivity contribution in [1.82, 2.24) is 4.90 Å². The number of nitrogens with one attached hydrogen (secondary N) is 1. The number of nitrogens with zero attached hydrogens (tertiary/aromatic N) is 1. The minimum Gasteiger partial charge on any atom is -0.386 e. The van der Waals surface area contributed by atoms with Crippen LogP contribution in [-0.4, -0.2) is 41.1 Å². The Hall–Kier alpha value is -2.77. The van der Waals surface area contributed by atoms with Gasteiger partial charge in [0.05, 0.1) is 12.6 Å². The molecule has 2 aromatic carbocycles. The minimum absolute atomic E-state index is 0.0440. The van der Waals surface area contributed by atoms with Gasteiger partial charge in [-0.05, 0) is 48.2 Å². The summed E-state index contributed by atoms with van der Waals surface area (Å²) in [5.74, 6) is -0.438. The van der Waals surface area contributed by atoms with Gasteiger partial charge in [0.25, 0.3) is 0 Å². The van der Waals surface area contributed by atoms with E-state index in [9.17, 15) is 19.1 Å². The number of hydrogen-bond acceptors (Lipinski definition) is 4. The van der Waals surface area contributed by atoms with Crippen molar-refractivity contribution in [2.75, 3.05) is 18.5 Å². The smallest absolute Gasteiger partial charge is 0.249 e. The molecule has 1 saturated carbocycles. The lowest BCUT2D eigenvalue weighted by Gasteiger charge is -2.38. The SMILES string of the molecule is O=C(Nc1ccc(C(O)C2COCC(=O)N2Cc2ccc(F)cc2)cc1)C1CCCC1. The molecule has 164 valence electrons. The molecule has 7 heteroatoms. The van der Waals surface area contributed by atoms with E-state index in [0.717, 1.165) is 31.2 Å². The predicted octanol–water partition coefficient (Wildman–Crippen LogP) is 3.42. The van der Waals surface area contributed by atoms with Crippen LogP contribution >= 0.6 is 0 Å². The van der Waals surface area contributed by atoms with E-state index >= 15 is 0 Å². The van der Waals surface area contributed by atoms with Crippen LogP contribution in [0.1, 0.15) is 42.9 Å². The normalized spacial score (nSPS) is 20.6. The average molecular weight is 426 g/mol. The number of benzene rings is 2. The maximum Gasteiger partial charge on any atom is 0.249 e. The first-order valence-corrected chi connectivity index (χ1v) is 10.7. The summed E-state index contributed by atoms with van der Waals surface area (Å²) < 4.78 is 18.6. The Morgan fingerprint density at radius 1 is 1.13 bits per heavy atom. The Bertz CT molecular complexity index is 910. The Morgan fingerprint density at radius 2 is 1.81 bits per heavy atom. The first-order valence-electron chi connectivity index (χ1n) is 10.7. The van der Waals surface area contributed by atoms with E-state index in [4.69, 9.17) is 4.74 Å². The van der Waals surface area contributed by atoms with Crippen molar-refractivity contribution < 1.29 is 23.8 Å². The molecule has 2 aliphatic rings. The molecule has 0 spiro atoms. The molecule has 0 bridgehead atoms. The summed E-state index contributed by atoms with van der Waals surface area (Å²) in [4.78, 5) is 26.4. The lowest BCUT2D eigenvalue weighted by molar-refractivity contribution is -0.155. The van der Waals surface area contributed by atoms with Gasteiger partial charge in [0.15, 0.2) is 0 Å². The number of amides is 2. The number of anilines is 1. The van der Waals surface area contributed by atoms with Gasteiger partial charge in [-0.25, -0.2) is 4.39 Å². The third-order valence-electron chi connectivity index (χ3n) is 6.11. The van der Waals surface area contributed by atoms with E-state index in [1.54, 1.807) is 41.3 Å². The molecular weight excluding hydrogens is 399 g/mol. The summed E-state index contributed by atoms with van der Waals surface area (Å²) in [6.07, 6.45) is 3.11. The average Bonchev–Trinajstić information content (AvgIpc) is 3.32. The molecule has 6 nitrogen and oxygen atoms in total. The zero-order chi connectivity index (χ0) is 21.8. The number of carbonyl (C=O) groups is 2. The van der Waals surface area contributed by atoms with Crippen LogP contribution in [0, 0.1) is 11.7 Å². The highest BCUT2D eigenvalue weighted by molar-refractivity contribution is 5.92. The number of halogens is 1. The fourth-order valence-electron chi connectivity index (χ4n) is 4.30. The molecule has 1 saturated heterocycles. The van der Waals surface area contributed by atoms with Gasteiger partial charge >= 0.3 is 0 Å². The molecule has 2 unspecified atom stereocenters. The monoisotopic (exact) mass is 426 g/mol. The van der Waals surface area contributed by atoms with Gasteiger partial charge in [-0.2, -0.15) is 0 Å². The zero-order valence-electron chi connectivity index (χ0n) is 17.3. The molecule has 2 amide bonds. The summed E-state index contributed by atoms with van der Waals surface area (Å²) in [6.45, 7) is 0.421. The van der Waals surface area contributed by atoms with Crippen LogP contribution in [0.15, 0.2) is 48.5 Å². The molecule has 2 N–H and O–H groups in total. The van der Waals surface area contributed by atoms with Crippen molar-refractivity contribution in [2.24, 2.45) is 5.92 Å². The maximum atomic E-state index is 13.2. The molecule has 0 radical (unpaired) electrons. The van der Waals surface area contributed by atoms with Crippen LogP contribution in [0.5, 0.6) is 0 Å². The summed E-state index contributed by atoms with van der Waals surface area (Å²) in [5.41, 5.74) is 2.09. The lowest BCUT2D eigenvalue weighted by atomic mass is 9.99. The predicted molar refractivity (Wildman–Crippen MR) is 114 cm³/mol. The van der Waals surface area contributed by atoms with Gasteiger partial charge in [-0.3, -0.25) is 9.59 Å². The standard InChI is InChI=1S/C24H27FN2O4/c25-19-9-5-16(6-10-19)13-27-21(14-31-15-22(27)28)23(29)17-7-11-20(12-8-17)26-24(30)18-3-1-2-4-18/h5-12,18,21,23,29H,1-4,13-15H2,(H,26,30). The number of rotatable bonds is 6. The minimum atomic E-state index is -0.954. The second-order valence-corrected chi connectivity index (χ2v) is 8.27. The maximum absolute atomic E-state index is 13.2. The fraction of sp³-hybridized carbons (Fsp3) is 0.417. The van der Waals surface area contributed by atoms with Crippen molar-refractivity contribution in [3.63, 3.8) is 0 Å². The lowest BCUT2D eigenvalue weighted by Crippen LogP contribution is -2.51. The van der Waals surface area contributed by atoms with E-state index in [1.165, 1.54) is 12.1 Å². The fourth-order valence-corrected chi connectivity index (χ4v) is 4.30. The molecule has 2 aromatic rings. The van der Waals surface area contributed by atoms with Crippen LogP contribution in [0.4, 0.5) is 10.1 Å². The molecule has 4 rings (SSSR count). The van der Waals surface area contributed by atoms with Crippen molar-refractivity contribution in [3.8, 4) is 0 Å². The van der Waals surface area contributed by atoms with Gasteiger partial charge in [-0.1, -0.05) is 37.1 Å². The van der Waals surface area contributed by atoms with Crippen molar-refractivity contribution in [3.05, 3.63) is 65.5 Å². The van der Waals surface area contributed by atoms with Crippen LogP contribution in [0.2, 0.25) is 0 Å². The highest BCUT2D eigenvalue weighted by atomic mass is 19.1. The Labute approximate surface area is 181 Å². The van der Waals surface area contributed by atoms with Crippen molar-refractivity contribution in [1.29, 1.82) is 0 Å². The quantitative estimate of drug-likeness (QED) is 0.742. The number of ether oxygens (including phenoxy) is 1. The number of carbonyl (C=O) groups excluding carboxylic acids is 2. The molecule has 2 atom stereocenters. The van der Waals surface area contributed by atoms with E-state index in [2.05, 4.69) is 5.32 Å². The topological polar surface area (TPSA) is 78.9 Å². The summed E-state index contributed by atoms with van der Waals surface area (Å²) in [5, 5.41) is 13.9. The highest BCUT2D eigenvalue weighted by Crippen LogP contribution is 2.28. The van der Waals surface area contributed by atoms with Crippen LogP contribution < -0.4 is 5.32 Å². The first kappa shape index (κ1) is 21.5. The molecule has 1 heterocycles. The zero-order valence-corrected chi connectivity index (χ0v) is 17.3. The van der Waals surface area contributed by atoms with Gasteiger partial charge in [0.2, 0.25) is 11.8 Å². The number of morpholine rings is 1. The number of aliphatic hydroxyl groups excluding tert-OH is 1. The third kappa shape index (κ3) is 5.11. The Morgan fingerprint density at radius 3 is 2.48 bits per heavy atom. The third-order valence-corrected chi connectivity index (χ3v) is 6.11. The van der Waals surface area contributed by atoms with E-state index in [1.807, 2.05) is 0 Å². The summed E-state index contributed by atoms with van der Waals surface area (Å²) in [7, 11) is 0. The molecule has 1 aliphatic heterocycles. The Balaban J connectivity index is 1.44. The molecule has 2 fully saturated rings. The second-order valence-electron chi connectivity index (χ2n) is 8.27. The van der Waals surface area contributed by atoms with Gasteiger partial charge in [0.1, 0.15) is 18.5 Å². The number of aliphatic hydroxyl groups is 1. The summed E-state index contributed by atoms with van der Waals surface area (Å²) >= 11 is 0. The number of hydrogen-bond donors (Lipinski definition) is 2. The van der Waals surface area contributed by atoms with Gasteiger partial charge < -0.3 is 20.1 Å². The van der Waals surface area contributed by atoms with E-state index in [-0.39, 0.29) is 43.3 Å². The second kappa shape index (κ2) is 9.58. The first-order chi connectivity index (χ1) is 15.0. The van der Waals surface area contributed by atoms with Crippen LogP contribution in [-0.2, 0) is 20.9 Å². The van der Waals surface area contributed by atoms with Crippen molar-refractivity contribution in [2.45, 2.75) is 44.4 Å². The molecule has 1 aliphatic carbocycles. The highest BCUT2D eigenvalue weighted by Gasteiger charge is 2.34. The molecule has 0 aromatic heterocycles. The largest absolute Gasteiger partial charge is 0.386 e. The Kier molecular flexibility index (Phi) is 6.63. The van der Waals surface area contributed by atoms with E-state index < -0.39 is 12.1 Å². The molecule has 31 heavy (non-hydrogen) atoms. The van der Waals surface area contributed by atoms with Crippen molar-refractivity contribution >= 4 is 17.5 Å². The van der Waals surface area contributed by atoms with Crippen LogP contribution in [0.3, 0.4) is 0 Å². The summed E-state index contributed by atoms with van der Waals surface area (Å²) in [6, 6.07) is 12.4. The van der Waals surface area contributed by atoms with Gasteiger partial charge in [-0.15, -0.1) is 0 Å². The van der Waals surface area contributed by atoms with Gasteiger partial charge in [0, 0.05) is 18.2 Å². The molecular formula is C24H27FN2O4. The van der Waals surface area contributed by atoms with Crippen LogP contribution in [0.25, 0.3) is 0 Å². The van der Waals surface area contributed by atoms with E-state index in [0.29, 0.717) is 11.3 Å².